The summed E-state index contributed by atoms with van der Waals surface area (Å²) in [6, 6.07) is 5.88. The van der Waals surface area contributed by atoms with Crippen molar-refractivity contribution in [3.8, 4) is 0 Å². The normalized spacial score (nSPS) is 11.3. The van der Waals surface area contributed by atoms with Gasteiger partial charge in [-0.05, 0) is 24.1 Å². The molecular formula is C13H13NO2. The first-order chi connectivity index (χ1) is 7.85. The number of aromatic nitrogens is 1. The van der Waals surface area contributed by atoms with Crippen molar-refractivity contribution in [2.24, 2.45) is 0 Å². The van der Waals surface area contributed by atoms with E-state index in [1.807, 2.05) is 30.4 Å². The van der Waals surface area contributed by atoms with E-state index in [1.54, 1.807) is 6.20 Å². The fraction of sp³-hybridized carbons (Fsp3) is 0.154. The summed E-state index contributed by atoms with van der Waals surface area (Å²) in [5.41, 5.74) is 2.66. The van der Waals surface area contributed by atoms with Crippen LogP contribution in [0.1, 0.15) is 22.3 Å². The average molecular weight is 215 g/mol. The molecule has 0 radical (unpaired) electrons. The molecule has 16 heavy (non-hydrogen) atoms. The summed E-state index contributed by atoms with van der Waals surface area (Å²) in [6.07, 6.45) is 7.05. The van der Waals surface area contributed by atoms with Gasteiger partial charge in [-0.1, -0.05) is 18.2 Å². The van der Waals surface area contributed by atoms with Gasteiger partial charge in [0, 0.05) is 29.3 Å². The van der Waals surface area contributed by atoms with Gasteiger partial charge in [-0.25, -0.2) is 0 Å². The van der Waals surface area contributed by atoms with E-state index in [1.165, 1.54) is 0 Å². The van der Waals surface area contributed by atoms with E-state index in [2.05, 4.69) is 4.98 Å². The van der Waals surface area contributed by atoms with Gasteiger partial charge in [-0.3, -0.25) is 4.79 Å². The summed E-state index contributed by atoms with van der Waals surface area (Å²) < 4.78 is 0. The minimum atomic E-state index is 0.155. The molecule has 0 saturated carbocycles. The number of hydrogen-bond acceptors (Lipinski definition) is 2. The Morgan fingerprint density at radius 1 is 1.38 bits per heavy atom. The second-order valence-corrected chi connectivity index (χ2v) is 3.58. The van der Waals surface area contributed by atoms with E-state index >= 15 is 0 Å². The first kappa shape index (κ1) is 10.6. The smallest absolute Gasteiger partial charge is 0.152 e. The Kier molecular flexibility index (Phi) is 3.17. The van der Waals surface area contributed by atoms with Crippen LogP contribution < -0.4 is 0 Å². The molecule has 0 bridgehead atoms. The van der Waals surface area contributed by atoms with Crippen molar-refractivity contribution in [3.63, 3.8) is 0 Å². The number of hydrogen-bond donors (Lipinski definition) is 2. The first-order valence-electron chi connectivity index (χ1n) is 5.19. The number of H-pyrrole nitrogens is 1. The van der Waals surface area contributed by atoms with Crippen molar-refractivity contribution in [2.45, 2.75) is 6.42 Å². The zero-order valence-electron chi connectivity index (χ0n) is 8.81. The lowest BCUT2D eigenvalue weighted by Gasteiger charge is -1.95. The monoisotopic (exact) mass is 215 g/mol. The maximum Gasteiger partial charge on any atom is 0.152 e. The van der Waals surface area contributed by atoms with Crippen LogP contribution in [0.2, 0.25) is 0 Å². The fourth-order valence-corrected chi connectivity index (χ4v) is 1.65. The van der Waals surface area contributed by atoms with Gasteiger partial charge >= 0.3 is 0 Å². The number of aliphatic hydroxyl groups excluding tert-OH is 1. The van der Waals surface area contributed by atoms with Gasteiger partial charge < -0.3 is 10.1 Å². The number of aromatic amines is 1. The summed E-state index contributed by atoms with van der Waals surface area (Å²) >= 11 is 0. The van der Waals surface area contributed by atoms with Crippen LogP contribution in [0, 0.1) is 0 Å². The molecule has 0 atom stereocenters. The molecule has 1 heterocycles. The molecule has 1 aromatic heterocycles. The van der Waals surface area contributed by atoms with Gasteiger partial charge in [0.1, 0.15) is 0 Å². The Balaban J connectivity index is 2.37. The Bertz CT molecular complexity index is 526. The predicted octanol–water partition coefficient (Wildman–Crippen LogP) is 2.38. The Labute approximate surface area is 93.4 Å². The summed E-state index contributed by atoms with van der Waals surface area (Å²) in [4.78, 5) is 13.8. The highest BCUT2D eigenvalue weighted by atomic mass is 16.2. The summed E-state index contributed by atoms with van der Waals surface area (Å²) in [6.45, 7) is 0.155. The molecule has 0 aliphatic heterocycles. The standard InChI is InChI=1S/C13H13NO2/c15-6-2-1-3-10-4-5-13-12(7-10)11(9-16)8-14-13/h1,3-5,7-9,14-15H,2,6H2. The first-order valence-corrected chi connectivity index (χ1v) is 5.19. The molecule has 0 spiro atoms. The van der Waals surface area contributed by atoms with Crippen molar-refractivity contribution in [1.29, 1.82) is 0 Å². The number of aliphatic hydroxyl groups is 1. The molecule has 3 nitrogen and oxygen atoms in total. The largest absolute Gasteiger partial charge is 0.396 e. The van der Waals surface area contributed by atoms with Crippen LogP contribution >= 0.6 is 0 Å². The van der Waals surface area contributed by atoms with Crippen molar-refractivity contribution < 1.29 is 9.90 Å². The minimum Gasteiger partial charge on any atom is -0.396 e. The lowest BCUT2D eigenvalue weighted by atomic mass is 10.1. The molecule has 0 aliphatic rings. The van der Waals surface area contributed by atoms with E-state index < -0.39 is 0 Å². The summed E-state index contributed by atoms with van der Waals surface area (Å²) in [5.74, 6) is 0. The van der Waals surface area contributed by atoms with Gasteiger partial charge in [0.2, 0.25) is 0 Å². The van der Waals surface area contributed by atoms with E-state index in [0.29, 0.717) is 12.0 Å². The number of rotatable bonds is 4. The molecule has 0 amide bonds. The van der Waals surface area contributed by atoms with Crippen LogP contribution in [0.15, 0.2) is 30.5 Å². The summed E-state index contributed by atoms with van der Waals surface area (Å²) in [5, 5.41) is 9.59. The highest BCUT2D eigenvalue weighted by Crippen LogP contribution is 2.19. The molecule has 1 aromatic carbocycles. The average Bonchev–Trinajstić information content (AvgIpc) is 2.71. The molecular weight excluding hydrogens is 202 g/mol. The van der Waals surface area contributed by atoms with Crippen molar-refractivity contribution >= 4 is 23.3 Å². The van der Waals surface area contributed by atoms with Crippen LogP contribution in [0.25, 0.3) is 17.0 Å². The Morgan fingerprint density at radius 2 is 2.25 bits per heavy atom. The highest BCUT2D eigenvalue weighted by molar-refractivity contribution is 5.98. The molecule has 2 rings (SSSR count). The van der Waals surface area contributed by atoms with Gasteiger partial charge in [0.15, 0.2) is 6.29 Å². The second kappa shape index (κ2) is 4.77. The maximum absolute atomic E-state index is 10.8. The maximum atomic E-state index is 10.8. The highest BCUT2D eigenvalue weighted by Gasteiger charge is 2.01. The third-order valence-electron chi connectivity index (χ3n) is 2.47. The van der Waals surface area contributed by atoms with Gasteiger partial charge in [-0.15, -0.1) is 0 Å². The van der Waals surface area contributed by atoms with Crippen LogP contribution in [-0.4, -0.2) is 23.0 Å². The van der Waals surface area contributed by atoms with E-state index in [9.17, 15) is 4.79 Å². The third kappa shape index (κ3) is 2.04. The third-order valence-corrected chi connectivity index (χ3v) is 2.47. The Hall–Kier alpha value is -1.87. The molecule has 82 valence electrons. The number of nitrogens with one attached hydrogen (secondary N) is 1. The zero-order chi connectivity index (χ0) is 11.4. The lowest BCUT2D eigenvalue weighted by Crippen LogP contribution is -1.78. The van der Waals surface area contributed by atoms with Gasteiger partial charge in [0.05, 0.1) is 0 Å². The van der Waals surface area contributed by atoms with Crippen LogP contribution in [0.3, 0.4) is 0 Å². The minimum absolute atomic E-state index is 0.155. The number of carbonyl (C=O) groups excluding carboxylic acids is 1. The van der Waals surface area contributed by atoms with Crippen molar-refractivity contribution in [3.05, 3.63) is 41.6 Å². The number of fused-ring (bicyclic) bond motifs is 1. The van der Waals surface area contributed by atoms with Gasteiger partial charge in [0.25, 0.3) is 0 Å². The molecule has 2 N–H and O–H groups in total. The van der Waals surface area contributed by atoms with E-state index in [-0.39, 0.29) is 6.61 Å². The Morgan fingerprint density at radius 3 is 3.00 bits per heavy atom. The zero-order valence-corrected chi connectivity index (χ0v) is 8.81. The molecule has 0 fully saturated rings. The quantitative estimate of drug-likeness (QED) is 0.769. The van der Waals surface area contributed by atoms with Crippen LogP contribution in [-0.2, 0) is 0 Å². The number of aldehydes is 1. The number of carbonyl (C=O) groups is 1. The molecule has 0 aliphatic carbocycles. The molecule has 3 heteroatoms. The van der Waals surface area contributed by atoms with E-state index in [0.717, 1.165) is 22.8 Å². The second-order valence-electron chi connectivity index (χ2n) is 3.58. The fourth-order valence-electron chi connectivity index (χ4n) is 1.65. The van der Waals surface area contributed by atoms with Gasteiger partial charge in [-0.2, -0.15) is 0 Å². The lowest BCUT2D eigenvalue weighted by molar-refractivity contribution is 0.112. The predicted molar refractivity (Wildman–Crippen MR) is 64.4 cm³/mol. The van der Waals surface area contributed by atoms with Crippen LogP contribution in [0.5, 0.6) is 0 Å². The molecule has 0 unspecified atom stereocenters. The van der Waals surface area contributed by atoms with Crippen molar-refractivity contribution in [1.82, 2.24) is 4.98 Å². The SMILES string of the molecule is O=Cc1c[nH]c2ccc(C=CCCO)cc12. The number of benzene rings is 1. The topological polar surface area (TPSA) is 53.1 Å². The molecule has 0 saturated heterocycles. The van der Waals surface area contributed by atoms with Crippen molar-refractivity contribution in [2.75, 3.05) is 6.61 Å². The van der Waals surface area contributed by atoms with Crippen LogP contribution in [0.4, 0.5) is 0 Å². The summed E-state index contributed by atoms with van der Waals surface area (Å²) in [7, 11) is 0. The molecule has 2 aromatic rings. The van der Waals surface area contributed by atoms with E-state index in [4.69, 9.17) is 5.11 Å².